The lowest BCUT2D eigenvalue weighted by molar-refractivity contribution is -0.152. The van der Waals surface area contributed by atoms with Gasteiger partial charge in [-0.05, 0) is 36.4 Å². The van der Waals surface area contributed by atoms with Crippen molar-refractivity contribution in [1.29, 1.82) is 0 Å². The second-order valence-corrected chi connectivity index (χ2v) is 8.05. The number of hydrogen-bond acceptors (Lipinski definition) is 5. The van der Waals surface area contributed by atoms with Gasteiger partial charge in [-0.25, -0.2) is 0 Å². The van der Waals surface area contributed by atoms with E-state index in [1.807, 2.05) is 61.5 Å². The molecule has 5 nitrogen and oxygen atoms in total. The fraction of sp³-hybridized carbons (Fsp3) is 0.208. The van der Waals surface area contributed by atoms with E-state index >= 15 is 0 Å². The van der Waals surface area contributed by atoms with Gasteiger partial charge in [-0.3, -0.25) is 14.4 Å². The van der Waals surface area contributed by atoms with Crippen LogP contribution < -0.4 is 5.32 Å². The average molecular weight is 420 g/mol. The quantitative estimate of drug-likeness (QED) is 0.374. The molecule has 1 amide bonds. The molecule has 0 bridgehead atoms. The number of nitrogens with one attached hydrogen (secondary N) is 1. The van der Waals surface area contributed by atoms with Crippen molar-refractivity contribution in [2.24, 2.45) is 0 Å². The second kappa shape index (κ2) is 8.32. The summed E-state index contributed by atoms with van der Waals surface area (Å²) in [5.74, 6) is -0.677. The predicted molar refractivity (Wildman–Crippen MR) is 118 cm³/mol. The number of benzene rings is 3. The first-order chi connectivity index (χ1) is 14.5. The normalized spacial score (nSPS) is 12.9. The molecule has 4 rings (SSSR count). The van der Waals surface area contributed by atoms with Gasteiger partial charge in [0.15, 0.2) is 11.9 Å². The Kier molecular flexibility index (Phi) is 5.59. The maximum absolute atomic E-state index is 13.0. The largest absolute Gasteiger partial charge is 0.452 e. The van der Waals surface area contributed by atoms with Crippen molar-refractivity contribution in [3.63, 3.8) is 0 Å². The van der Waals surface area contributed by atoms with E-state index < -0.39 is 12.1 Å². The fourth-order valence-electron chi connectivity index (χ4n) is 3.72. The summed E-state index contributed by atoms with van der Waals surface area (Å²) < 4.78 is 5.22. The van der Waals surface area contributed by atoms with Crippen LogP contribution in [-0.2, 0) is 14.3 Å². The zero-order valence-electron chi connectivity index (χ0n) is 16.7. The minimum Gasteiger partial charge on any atom is -0.452 e. The molecule has 0 radical (unpaired) electrons. The average Bonchev–Trinajstić information content (AvgIpc) is 2.76. The van der Waals surface area contributed by atoms with Crippen LogP contribution in [0.4, 0.5) is 0 Å². The highest BCUT2D eigenvalue weighted by Gasteiger charge is 2.25. The number of likely N-dealkylation sites (N-methyl/N-ethyl adjacent to an activating group) is 1. The summed E-state index contributed by atoms with van der Waals surface area (Å²) in [6.45, 7) is 3.85. The molecule has 6 heteroatoms. The number of rotatable bonds is 6. The van der Waals surface area contributed by atoms with Gasteiger partial charge >= 0.3 is 5.97 Å². The van der Waals surface area contributed by atoms with Crippen molar-refractivity contribution in [2.45, 2.75) is 24.8 Å². The Morgan fingerprint density at radius 2 is 1.70 bits per heavy atom. The molecule has 0 aliphatic heterocycles. The number of fused-ring (bicyclic) bond motifs is 2. The van der Waals surface area contributed by atoms with Gasteiger partial charge in [0.05, 0.1) is 5.75 Å². The summed E-state index contributed by atoms with van der Waals surface area (Å²) in [7, 11) is 0. The van der Waals surface area contributed by atoms with Crippen LogP contribution in [0.1, 0.15) is 29.8 Å². The number of amides is 1. The van der Waals surface area contributed by atoms with E-state index in [0.29, 0.717) is 17.7 Å². The molecule has 1 atom stereocenters. The van der Waals surface area contributed by atoms with Gasteiger partial charge in [0.1, 0.15) is 0 Å². The summed E-state index contributed by atoms with van der Waals surface area (Å²) in [5.41, 5.74) is 3.34. The lowest BCUT2D eigenvalue weighted by atomic mass is 9.83. The highest BCUT2D eigenvalue weighted by Crippen LogP contribution is 2.42. The van der Waals surface area contributed by atoms with E-state index in [9.17, 15) is 14.4 Å². The van der Waals surface area contributed by atoms with Gasteiger partial charge < -0.3 is 10.1 Å². The summed E-state index contributed by atoms with van der Waals surface area (Å²) in [5, 5.41) is 4.48. The third kappa shape index (κ3) is 3.59. The van der Waals surface area contributed by atoms with Crippen molar-refractivity contribution < 1.29 is 19.1 Å². The minimum atomic E-state index is -0.830. The fourth-order valence-corrected chi connectivity index (χ4v) is 4.55. The van der Waals surface area contributed by atoms with E-state index in [-0.39, 0.29) is 17.4 Å². The first-order valence-electron chi connectivity index (χ1n) is 9.81. The van der Waals surface area contributed by atoms with Gasteiger partial charge in [0, 0.05) is 28.0 Å². The Balaban J connectivity index is 1.61. The molecule has 3 aromatic rings. The van der Waals surface area contributed by atoms with E-state index in [0.717, 1.165) is 26.8 Å². The first kappa shape index (κ1) is 20.2. The van der Waals surface area contributed by atoms with Crippen LogP contribution in [0.25, 0.3) is 21.9 Å². The number of carbonyl (C=O) groups excluding carboxylic acids is 3. The third-order valence-electron chi connectivity index (χ3n) is 5.08. The lowest BCUT2D eigenvalue weighted by Gasteiger charge is -2.21. The lowest BCUT2D eigenvalue weighted by Crippen LogP contribution is -2.35. The molecule has 3 aromatic carbocycles. The Labute approximate surface area is 178 Å². The number of hydrogen-bond donors (Lipinski definition) is 1. The van der Waals surface area contributed by atoms with Crippen LogP contribution in [0.5, 0.6) is 0 Å². The molecule has 0 heterocycles. The maximum atomic E-state index is 13.0. The number of esters is 1. The van der Waals surface area contributed by atoms with E-state index in [2.05, 4.69) is 5.32 Å². The number of ketones is 1. The van der Waals surface area contributed by atoms with Gasteiger partial charge in [-0.1, -0.05) is 48.5 Å². The van der Waals surface area contributed by atoms with Gasteiger partial charge in [0.2, 0.25) is 0 Å². The molecule has 0 aromatic heterocycles. The molecular formula is C24H21NO4S. The van der Waals surface area contributed by atoms with Crippen molar-refractivity contribution in [1.82, 2.24) is 5.32 Å². The van der Waals surface area contributed by atoms with E-state index in [4.69, 9.17) is 4.74 Å². The minimum absolute atomic E-state index is 0.0148. The SMILES string of the molecule is CCNC(=O)[C@H](C)OC(=O)CSc1ccc2c3c(cccc13)C(=O)c1ccccc1-2. The van der Waals surface area contributed by atoms with Crippen LogP contribution >= 0.6 is 11.8 Å². The van der Waals surface area contributed by atoms with E-state index in [1.54, 1.807) is 6.92 Å². The molecule has 1 aliphatic rings. The van der Waals surface area contributed by atoms with Crippen molar-refractivity contribution in [2.75, 3.05) is 12.3 Å². The molecule has 1 aliphatic carbocycles. The molecule has 0 fully saturated rings. The summed E-state index contributed by atoms with van der Waals surface area (Å²) >= 11 is 1.34. The molecule has 152 valence electrons. The molecule has 0 spiro atoms. The van der Waals surface area contributed by atoms with Crippen LogP contribution in [0.15, 0.2) is 59.5 Å². The summed E-state index contributed by atoms with van der Waals surface area (Å²) in [6.07, 6.45) is -0.830. The van der Waals surface area contributed by atoms with Gasteiger partial charge in [0.25, 0.3) is 5.91 Å². The molecule has 1 N–H and O–H groups in total. The smallest absolute Gasteiger partial charge is 0.317 e. The Hall–Kier alpha value is -3.12. The molecule has 0 saturated carbocycles. The predicted octanol–water partition coefficient (Wildman–Crippen LogP) is 4.21. The van der Waals surface area contributed by atoms with Gasteiger partial charge in [-0.2, -0.15) is 0 Å². The number of thioether (sulfide) groups is 1. The first-order valence-corrected chi connectivity index (χ1v) is 10.8. The maximum Gasteiger partial charge on any atom is 0.317 e. The highest BCUT2D eigenvalue weighted by atomic mass is 32.2. The summed E-state index contributed by atoms with van der Waals surface area (Å²) in [6, 6.07) is 17.3. The molecule has 30 heavy (non-hydrogen) atoms. The summed E-state index contributed by atoms with van der Waals surface area (Å²) in [4.78, 5) is 37.8. The zero-order valence-corrected chi connectivity index (χ0v) is 17.5. The topological polar surface area (TPSA) is 72.5 Å². The number of ether oxygens (including phenoxy) is 1. The monoisotopic (exact) mass is 419 g/mol. The van der Waals surface area contributed by atoms with Crippen LogP contribution in [0.2, 0.25) is 0 Å². The van der Waals surface area contributed by atoms with Crippen molar-refractivity contribution in [3.05, 3.63) is 65.7 Å². The Morgan fingerprint density at radius 3 is 2.47 bits per heavy atom. The highest BCUT2D eigenvalue weighted by molar-refractivity contribution is 8.00. The van der Waals surface area contributed by atoms with E-state index in [1.165, 1.54) is 11.8 Å². The van der Waals surface area contributed by atoms with Crippen LogP contribution in [-0.4, -0.2) is 36.1 Å². The van der Waals surface area contributed by atoms with Crippen molar-refractivity contribution in [3.8, 4) is 11.1 Å². The molecule has 0 saturated heterocycles. The standard InChI is InChI=1S/C24H21NO4S/c1-3-25-24(28)14(2)29-21(26)13-30-20-12-11-16-15-7-4-5-8-17(15)23(27)19-10-6-9-18(20)22(16)19/h4-12,14H,3,13H2,1-2H3,(H,25,28)/t14-/m0/s1. The molecular weight excluding hydrogens is 398 g/mol. The van der Waals surface area contributed by atoms with Gasteiger partial charge in [-0.15, -0.1) is 11.8 Å². The second-order valence-electron chi connectivity index (χ2n) is 7.03. The van der Waals surface area contributed by atoms with Crippen molar-refractivity contribution >= 4 is 40.2 Å². The zero-order chi connectivity index (χ0) is 21.3. The molecule has 0 unspecified atom stereocenters. The third-order valence-corrected chi connectivity index (χ3v) is 6.13. The van der Waals surface area contributed by atoms with Crippen LogP contribution in [0, 0.1) is 0 Å². The Morgan fingerprint density at radius 1 is 0.967 bits per heavy atom. The number of carbonyl (C=O) groups is 3. The Bertz CT molecular complexity index is 1170. The van der Waals surface area contributed by atoms with Crippen LogP contribution in [0.3, 0.4) is 0 Å².